The van der Waals surface area contributed by atoms with Crippen LogP contribution in [0, 0.1) is 5.92 Å². The highest BCUT2D eigenvalue weighted by atomic mass is 16.5. The van der Waals surface area contributed by atoms with Gasteiger partial charge < -0.3 is 9.47 Å². The molecule has 4 heteroatoms. The Balaban J connectivity index is 2.19. The fourth-order valence-electron chi connectivity index (χ4n) is 1.88. The van der Waals surface area contributed by atoms with Crippen molar-refractivity contribution in [1.82, 2.24) is 5.43 Å². The Morgan fingerprint density at radius 2 is 2.07 bits per heavy atom. The number of hydrogen-bond acceptors (Lipinski definition) is 4. The minimum Gasteiger partial charge on any atom is -0.381 e. The number of rotatable bonds is 6. The van der Waals surface area contributed by atoms with E-state index in [4.69, 9.17) is 15.3 Å². The Bertz CT molecular complexity index is 159. The maximum Gasteiger partial charge on any atom is 0.0636 e. The Labute approximate surface area is 92.5 Å². The third kappa shape index (κ3) is 5.47. The third-order valence-electron chi connectivity index (χ3n) is 2.83. The van der Waals surface area contributed by atoms with Gasteiger partial charge in [0.25, 0.3) is 0 Å². The second-order valence-electron chi connectivity index (χ2n) is 4.54. The van der Waals surface area contributed by atoms with Gasteiger partial charge in [0.1, 0.15) is 0 Å². The molecule has 0 amide bonds. The van der Waals surface area contributed by atoms with Crippen LogP contribution in [0.3, 0.4) is 0 Å². The van der Waals surface area contributed by atoms with Gasteiger partial charge in [-0.15, -0.1) is 0 Å². The Morgan fingerprint density at radius 3 is 2.60 bits per heavy atom. The normalized spacial score (nSPS) is 20.8. The van der Waals surface area contributed by atoms with Gasteiger partial charge in [-0.1, -0.05) is 0 Å². The summed E-state index contributed by atoms with van der Waals surface area (Å²) in [5.41, 5.74) is 2.84. The molecular formula is C11H24N2O2. The van der Waals surface area contributed by atoms with Crippen LogP contribution >= 0.6 is 0 Å². The quantitative estimate of drug-likeness (QED) is 0.515. The minimum absolute atomic E-state index is 0.274. The number of nitrogens with two attached hydrogens (primary N) is 1. The van der Waals surface area contributed by atoms with Crippen molar-refractivity contribution in [2.45, 2.75) is 45.3 Å². The van der Waals surface area contributed by atoms with E-state index in [0.29, 0.717) is 6.61 Å². The Hall–Kier alpha value is -0.160. The van der Waals surface area contributed by atoms with Gasteiger partial charge in [0.05, 0.1) is 12.7 Å². The van der Waals surface area contributed by atoms with Gasteiger partial charge in [-0.3, -0.25) is 11.3 Å². The zero-order valence-electron chi connectivity index (χ0n) is 9.87. The van der Waals surface area contributed by atoms with Crippen molar-refractivity contribution in [3.05, 3.63) is 0 Å². The number of nitrogens with one attached hydrogen (secondary N) is 1. The van der Waals surface area contributed by atoms with E-state index in [1.54, 1.807) is 0 Å². The molecule has 0 bridgehead atoms. The van der Waals surface area contributed by atoms with Gasteiger partial charge in [-0.25, -0.2) is 0 Å². The summed E-state index contributed by atoms with van der Waals surface area (Å²) in [7, 11) is 0. The molecule has 1 saturated heterocycles. The molecule has 90 valence electrons. The van der Waals surface area contributed by atoms with Crippen molar-refractivity contribution in [1.29, 1.82) is 0 Å². The molecule has 0 spiro atoms. The van der Waals surface area contributed by atoms with E-state index in [2.05, 4.69) is 5.43 Å². The lowest BCUT2D eigenvalue weighted by molar-refractivity contribution is 0.0361. The monoisotopic (exact) mass is 216 g/mol. The average molecular weight is 216 g/mol. The molecule has 0 aromatic rings. The van der Waals surface area contributed by atoms with E-state index >= 15 is 0 Å². The van der Waals surface area contributed by atoms with E-state index in [-0.39, 0.29) is 12.1 Å². The number of ether oxygens (including phenoxy) is 2. The van der Waals surface area contributed by atoms with Gasteiger partial charge in [0.2, 0.25) is 0 Å². The molecule has 1 aliphatic rings. The summed E-state index contributed by atoms with van der Waals surface area (Å²) < 4.78 is 10.9. The second-order valence-corrected chi connectivity index (χ2v) is 4.54. The molecule has 3 N–H and O–H groups in total. The molecular weight excluding hydrogens is 192 g/mol. The topological polar surface area (TPSA) is 56.5 Å². The molecule has 1 aliphatic heterocycles. The molecule has 0 aromatic heterocycles. The van der Waals surface area contributed by atoms with Gasteiger partial charge in [0, 0.05) is 19.3 Å². The van der Waals surface area contributed by atoms with Crippen LogP contribution in [0.2, 0.25) is 0 Å². The first-order valence-electron chi connectivity index (χ1n) is 5.88. The SMILES string of the molecule is CC(C)OCC(CC1CCOCC1)NN. The van der Waals surface area contributed by atoms with Crippen molar-refractivity contribution in [3.63, 3.8) is 0 Å². The molecule has 0 aliphatic carbocycles. The first-order valence-corrected chi connectivity index (χ1v) is 5.88. The van der Waals surface area contributed by atoms with Crippen LogP contribution in [0.15, 0.2) is 0 Å². The van der Waals surface area contributed by atoms with E-state index in [1.165, 1.54) is 0 Å². The van der Waals surface area contributed by atoms with Gasteiger partial charge in [-0.05, 0) is 39.0 Å². The first kappa shape index (κ1) is 12.9. The van der Waals surface area contributed by atoms with Crippen molar-refractivity contribution >= 4 is 0 Å². The van der Waals surface area contributed by atoms with Gasteiger partial charge in [0.15, 0.2) is 0 Å². The predicted octanol–water partition coefficient (Wildman–Crippen LogP) is 1.06. The molecule has 1 rings (SSSR count). The van der Waals surface area contributed by atoms with Crippen LogP contribution < -0.4 is 11.3 Å². The molecule has 15 heavy (non-hydrogen) atoms. The van der Waals surface area contributed by atoms with Gasteiger partial charge >= 0.3 is 0 Å². The predicted molar refractivity (Wildman–Crippen MR) is 60.4 cm³/mol. The van der Waals surface area contributed by atoms with Crippen LogP contribution in [-0.4, -0.2) is 32.0 Å². The smallest absolute Gasteiger partial charge is 0.0636 e. The highest BCUT2D eigenvalue weighted by Crippen LogP contribution is 2.20. The molecule has 1 fully saturated rings. The molecule has 1 unspecified atom stereocenters. The fourth-order valence-corrected chi connectivity index (χ4v) is 1.88. The van der Waals surface area contributed by atoms with Crippen molar-refractivity contribution in [2.75, 3.05) is 19.8 Å². The van der Waals surface area contributed by atoms with Crippen LogP contribution in [0.25, 0.3) is 0 Å². The Kier molecular flexibility index (Phi) is 6.17. The summed E-state index contributed by atoms with van der Waals surface area (Å²) in [6.45, 7) is 6.58. The van der Waals surface area contributed by atoms with E-state index < -0.39 is 0 Å². The number of hydrazine groups is 1. The van der Waals surface area contributed by atoms with Crippen LogP contribution in [0.5, 0.6) is 0 Å². The molecule has 4 nitrogen and oxygen atoms in total. The average Bonchev–Trinajstić information content (AvgIpc) is 2.25. The summed E-state index contributed by atoms with van der Waals surface area (Å²) in [6.07, 6.45) is 3.67. The van der Waals surface area contributed by atoms with Crippen LogP contribution in [0.1, 0.15) is 33.1 Å². The van der Waals surface area contributed by atoms with Gasteiger partial charge in [-0.2, -0.15) is 0 Å². The lowest BCUT2D eigenvalue weighted by atomic mass is 9.93. The van der Waals surface area contributed by atoms with E-state index in [1.807, 2.05) is 13.8 Å². The minimum atomic E-state index is 0.274. The molecule has 0 aromatic carbocycles. The standard InChI is InChI=1S/C11H24N2O2/c1-9(2)15-8-11(13-12)7-10-3-5-14-6-4-10/h9-11,13H,3-8,12H2,1-2H3. The maximum absolute atomic E-state index is 5.56. The largest absolute Gasteiger partial charge is 0.381 e. The van der Waals surface area contributed by atoms with Crippen LogP contribution in [0.4, 0.5) is 0 Å². The summed E-state index contributed by atoms with van der Waals surface area (Å²) >= 11 is 0. The van der Waals surface area contributed by atoms with Crippen molar-refractivity contribution < 1.29 is 9.47 Å². The lowest BCUT2D eigenvalue weighted by Gasteiger charge is -2.26. The summed E-state index contributed by atoms with van der Waals surface area (Å²) in [4.78, 5) is 0. The summed E-state index contributed by atoms with van der Waals surface area (Å²) in [5, 5.41) is 0. The maximum atomic E-state index is 5.56. The summed E-state index contributed by atoms with van der Waals surface area (Å²) in [6, 6.07) is 0.274. The second kappa shape index (κ2) is 7.17. The highest BCUT2D eigenvalue weighted by Gasteiger charge is 2.18. The lowest BCUT2D eigenvalue weighted by Crippen LogP contribution is -2.41. The van der Waals surface area contributed by atoms with Crippen molar-refractivity contribution in [3.8, 4) is 0 Å². The molecule has 1 heterocycles. The first-order chi connectivity index (χ1) is 7.22. The highest BCUT2D eigenvalue weighted by molar-refractivity contribution is 4.72. The number of hydrogen-bond donors (Lipinski definition) is 2. The third-order valence-corrected chi connectivity index (χ3v) is 2.83. The van der Waals surface area contributed by atoms with E-state index in [0.717, 1.165) is 38.4 Å². The molecule has 0 saturated carbocycles. The van der Waals surface area contributed by atoms with E-state index in [9.17, 15) is 0 Å². The fraction of sp³-hybridized carbons (Fsp3) is 1.00. The molecule has 1 atom stereocenters. The van der Waals surface area contributed by atoms with Crippen molar-refractivity contribution in [2.24, 2.45) is 11.8 Å². The zero-order chi connectivity index (χ0) is 11.1. The zero-order valence-corrected chi connectivity index (χ0v) is 9.87. The summed E-state index contributed by atoms with van der Waals surface area (Å²) in [5.74, 6) is 6.25. The Morgan fingerprint density at radius 1 is 1.40 bits per heavy atom. The van der Waals surface area contributed by atoms with Crippen LogP contribution in [-0.2, 0) is 9.47 Å². The molecule has 0 radical (unpaired) electrons.